The van der Waals surface area contributed by atoms with Crippen LogP contribution in [0, 0.1) is 0 Å². The zero-order valence-corrected chi connectivity index (χ0v) is 14.0. The molecule has 0 spiro atoms. The highest BCUT2D eigenvalue weighted by atomic mass is 79.9. The molecule has 0 atom stereocenters. The summed E-state index contributed by atoms with van der Waals surface area (Å²) in [5, 5.41) is 1.17. The Kier molecular flexibility index (Phi) is 5.46. The van der Waals surface area contributed by atoms with Gasteiger partial charge in [-0.3, -0.25) is 0 Å². The molecule has 0 bridgehead atoms. The van der Waals surface area contributed by atoms with Crippen molar-refractivity contribution < 1.29 is 4.74 Å². The van der Waals surface area contributed by atoms with Gasteiger partial charge in [-0.15, -0.1) is 11.8 Å². The summed E-state index contributed by atoms with van der Waals surface area (Å²) in [6, 6.07) is 11.7. The molecule has 0 unspecified atom stereocenters. The summed E-state index contributed by atoms with van der Waals surface area (Å²) in [5.41, 5.74) is 1.21. The van der Waals surface area contributed by atoms with Crippen LogP contribution in [0.4, 0.5) is 0 Å². The molecule has 0 saturated carbocycles. The van der Waals surface area contributed by atoms with E-state index in [1.54, 1.807) is 18.9 Å². The molecule has 0 aliphatic rings. The summed E-state index contributed by atoms with van der Waals surface area (Å²) in [5.74, 6) is 1.70. The highest BCUT2D eigenvalue weighted by Gasteiger charge is 2.04. The molecule has 0 aliphatic heterocycles. The van der Waals surface area contributed by atoms with E-state index in [0.717, 1.165) is 20.9 Å². The first kappa shape index (κ1) is 15.0. The largest absolute Gasteiger partial charge is 0.496 e. The molecule has 19 heavy (non-hydrogen) atoms. The molecule has 0 aromatic heterocycles. The van der Waals surface area contributed by atoms with Gasteiger partial charge in [-0.1, -0.05) is 29.3 Å². The van der Waals surface area contributed by atoms with Crippen molar-refractivity contribution in [2.24, 2.45) is 0 Å². The van der Waals surface area contributed by atoms with Gasteiger partial charge >= 0.3 is 0 Å². The lowest BCUT2D eigenvalue weighted by molar-refractivity contribution is 0.412. The molecular weight excluding hydrogens is 367 g/mol. The first-order valence-corrected chi connectivity index (χ1v) is 8.04. The Morgan fingerprint density at radius 2 is 1.89 bits per heavy atom. The Hall–Kier alpha value is -0.350. The van der Waals surface area contributed by atoms with Gasteiger partial charge in [0.15, 0.2) is 0 Å². The van der Waals surface area contributed by atoms with Crippen LogP contribution in [0.3, 0.4) is 0 Å². The van der Waals surface area contributed by atoms with Crippen LogP contribution in [0.25, 0.3) is 0 Å². The fourth-order valence-corrected chi connectivity index (χ4v) is 3.36. The van der Waals surface area contributed by atoms with Crippen molar-refractivity contribution in [2.45, 2.75) is 10.6 Å². The summed E-state index contributed by atoms with van der Waals surface area (Å²) < 4.78 is 6.17. The van der Waals surface area contributed by atoms with Crippen LogP contribution in [0.1, 0.15) is 5.56 Å². The minimum Gasteiger partial charge on any atom is -0.496 e. The quantitative estimate of drug-likeness (QED) is 0.599. The molecule has 2 aromatic rings. The van der Waals surface area contributed by atoms with E-state index in [-0.39, 0.29) is 0 Å². The van der Waals surface area contributed by atoms with Crippen molar-refractivity contribution in [1.82, 2.24) is 0 Å². The zero-order chi connectivity index (χ0) is 13.8. The molecule has 0 aliphatic carbocycles. The second kappa shape index (κ2) is 6.89. The molecule has 2 rings (SSSR count). The zero-order valence-electron chi connectivity index (χ0n) is 10.1. The van der Waals surface area contributed by atoms with Gasteiger partial charge in [-0.2, -0.15) is 0 Å². The molecule has 5 heteroatoms. The minimum atomic E-state index is 0.582. The third kappa shape index (κ3) is 4.06. The van der Waals surface area contributed by atoms with E-state index in [9.17, 15) is 0 Å². The van der Waals surface area contributed by atoms with Gasteiger partial charge in [0, 0.05) is 10.6 Å². The Morgan fingerprint density at radius 3 is 2.53 bits per heavy atom. The van der Waals surface area contributed by atoms with Crippen molar-refractivity contribution >= 4 is 50.9 Å². The van der Waals surface area contributed by atoms with E-state index in [0.29, 0.717) is 10.0 Å². The maximum Gasteiger partial charge on any atom is 0.133 e. The monoisotopic (exact) mass is 376 g/mol. The van der Waals surface area contributed by atoms with E-state index < -0.39 is 0 Å². The van der Waals surface area contributed by atoms with Crippen LogP contribution in [0.2, 0.25) is 10.0 Å². The third-order valence-electron chi connectivity index (χ3n) is 2.51. The molecule has 0 amide bonds. The Bertz CT molecular complexity index is 590. The van der Waals surface area contributed by atoms with Crippen molar-refractivity contribution in [1.29, 1.82) is 0 Å². The molecule has 0 radical (unpaired) electrons. The van der Waals surface area contributed by atoms with Crippen molar-refractivity contribution in [3.05, 3.63) is 56.5 Å². The Labute approximate surface area is 135 Å². The van der Waals surface area contributed by atoms with Gasteiger partial charge < -0.3 is 4.74 Å². The normalized spacial score (nSPS) is 10.5. The topological polar surface area (TPSA) is 9.23 Å². The highest BCUT2D eigenvalue weighted by Crippen LogP contribution is 2.32. The van der Waals surface area contributed by atoms with E-state index in [1.165, 1.54) is 5.56 Å². The number of thioether (sulfide) groups is 1. The lowest BCUT2D eigenvalue weighted by Crippen LogP contribution is -1.87. The van der Waals surface area contributed by atoms with Crippen LogP contribution >= 0.6 is 50.9 Å². The molecule has 0 N–H and O–H groups in total. The van der Waals surface area contributed by atoms with Crippen LogP contribution in [0.15, 0.2) is 45.8 Å². The summed E-state index contributed by atoms with van der Waals surface area (Å²) in [6.07, 6.45) is 0. The Morgan fingerprint density at radius 1 is 1.11 bits per heavy atom. The second-order valence-corrected chi connectivity index (χ2v) is 6.55. The number of hydrogen-bond acceptors (Lipinski definition) is 2. The van der Waals surface area contributed by atoms with Crippen molar-refractivity contribution in [3.8, 4) is 5.75 Å². The first-order valence-electron chi connectivity index (χ1n) is 5.50. The average molecular weight is 378 g/mol. The molecule has 0 fully saturated rings. The number of hydrogen-bond donors (Lipinski definition) is 0. The third-order valence-corrected chi connectivity index (χ3v) is 4.94. The van der Waals surface area contributed by atoms with E-state index in [2.05, 4.69) is 22.0 Å². The van der Waals surface area contributed by atoms with Gasteiger partial charge in [-0.05, 0) is 51.8 Å². The second-order valence-electron chi connectivity index (χ2n) is 3.83. The van der Waals surface area contributed by atoms with Crippen LogP contribution in [-0.2, 0) is 5.75 Å². The lowest BCUT2D eigenvalue weighted by Gasteiger charge is -2.07. The average Bonchev–Trinajstić information content (AvgIpc) is 2.40. The summed E-state index contributed by atoms with van der Waals surface area (Å²) in [6.45, 7) is 0. The van der Waals surface area contributed by atoms with Crippen LogP contribution in [-0.4, -0.2) is 7.11 Å². The molecular formula is C14H11BrCl2OS. The lowest BCUT2D eigenvalue weighted by atomic mass is 10.2. The van der Waals surface area contributed by atoms with E-state index in [4.69, 9.17) is 27.9 Å². The summed E-state index contributed by atoms with van der Waals surface area (Å²) >= 11 is 17.1. The smallest absolute Gasteiger partial charge is 0.133 e. The SMILES string of the molecule is COc1ccc(CSc2ccc(Cl)c(Cl)c2)cc1Br. The van der Waals surface area contributed by atoms with Gasteiger partial charge in [-0.25, -0.2) is 0 Å². The number of benzene rings is 2. The summed E-state index contributed by atoms with van der Waals surface area (Å²) in [7, 11) is 1.66. The number of halogens is 3. The number of rotatable bonds is 4. The molecule has 0 heterocycles. The summed E-state index contributed by atoms with van der Waals surface area (Å²) in [4.78, 5) is 1.10. The maximum absolute atomic E-state index is 5.99. The standard InChI is InChI=1S/C14H11BrCl2OS/c1-18-14-5-2-9(6-11(14)15)8-19-10-3-4-12(16)13(17)7-10/h2-7H,8H2,1H3. The maximum atomic E-state index is 5.99. The number of ether oxygens (including phenoxy) is 1. The first-order chi connectivity index (χ1) is 9.10. The fraction of sp³-hybridized carbons (Fsp3) is 0.143. The van der Waals surface area contributed by atoms with Crippen LogP contribution in [0.5, 0.6) is 5.75 Å². The van der Waals surface area contributed by atoms with Crippen molar-refractivity contribution in [2.75, 3.05) is 7.11 Å². The van der Waals surface area contributed by atoms with Gasteiger partial charge in [0.1, 0.15) is 5.75 Å². The molecule has 100 valence electrons. The van der Waals surface area contributed by atoms with Crippen LogP contribution < -0.4 is 4.74 Å². The fourth-order valence-electron chi connectivity index (χ4n) is 1.53. The van der Waals surface area contributed by atoms with Crippen molar-refractivity contribution in [3.63, 3.8) is 0 Å². The Balaban J connectivity index is 2.05. The van der Waals surface area contributed by atoms with E-state index in [1.807, 2.05) is 30.3 Å². The molecule has 1 nitrogen and oxygen atoms in total. The van der Waals surface area contributed by atoms with Gasteiger partial charge in [0.2, 0.25) is 0 Å². The molecule has 2 aromatic carbocycles. The number of methoxy groups -OCH3 is 1. The predicted molar refractivity (Wildman–Crippen MR) is 86.7 cm³/mol. The predicted octanol–water partition coefficient (Wildman–Crippen LogP) is 6.06. The molecule has 0 saturated heterocycles. The van der Waals surface area contributed by atoms with E-state index >= 15 is 0 Å². The van der Waals surface area contributed by atoms with Gasteiger partial charge in [0.05, 0.1) is 21.6 Å². The minimum absolute atomic E-state index is 0.582. The highest BCUT2D eigenvalue weighted by molar-refractivity contribution is 9.10. The van der Waals surface area contributed by atoms with Gasteiger partial charge in [0.25, 0.3) is 0 Å².